The summed E-state index contributed by atoms with van der Waals surface area (Å²) < 4.78 is 0.923. The Kier molecular flexibility index (Phi) is 2.73. The number of hydrogen-bond acceptors (Lipinski definition) is 2. The van der Waals surface area contributed by atoms with Gasteiger partial charge in [-0.05, 0) is 31.0 Å². The van der Waals surface area contributed by atoms with Gasteiger partial charge in [0.05, 0.1) is 6.07 Å². The molecule has 4 heteroatoms. The smallest absolute Gasteiger partial charge is 0.247 e. The number of nitriles is 1. The summed E-state index contributed by atoms with van der Waals surface area (Å²) in [6.45, 7) is 0. The van der Waals surface area contributed by atoms with Crippen molar-refractivity contribution >= 4 is 27.5 Å². The Morgan fingerprint density at radius 3 is 2.75 bits per heavy atom. The van der Waals surface area contributed by atoms with Crippen LogP contribution in [0.2, 0.25) is 0 Å². The highest BCUT2D eigenvalue weighted by molar-refractivity contribution is 9.10. The van der Waals surface area contributed by atoms with Gasteiger partial charge in [-0.1, -0.05) is 22.0 Å². The molecule has 0 bridgehead atoms. The standard InChI is InChI=1S/C12H11BrN2O/c1-15(10-4-2-3-9(13)7-10)11(16)12(8-14)5-6-12/h2-4,7H,5-6H2,1H3. The zero-order valence-electron chi connectivity index (χ0n) is 8.90. The van der Waals surface area contributed by atoms with Crippen LogP contribution in [0.15, 0.2) is 28.7 Å². The predicted octanol–water partition coefficient (Wildman–Crippen LogP) is 2.72. The number of hydrogen-bond donors (Lipinski definition) is 0. The van der Waals surface area contributed by atoms with Gasteiger partial charge >= 0.3 is 0 Å². The molecule has 1 aliphatic rings. The second-order valence-electron chi connectivity index (χ2n) is 4.04. The number of carbonyl (C=O) groups is 1. The highest BCUT2D eigenvalue weighted by atomic mass is 79.9. The number of carbonyl (C=O) groups excluding carboxylic acids is 1. The lowest BCUT2D eigenvalue weighted by atomic mass is 10.1. The normalized spacial score (nSPS) is 16.3. The first-order chi connectivity index (χ1) is 7.59. The van der Waals surface area contributed by atoms with Gasteiger partial charge in [0.1, 0.15) is 5.41 Å². The number of nitrogens with zero attached hydrogens (tertiary/aromatic N) is 2. The van der Waals surface area contributed by atoms with Crippen LogP contribution in [0.5, 0.6) is 0 Å². The Labute approximate surface area is 103 Å². The topological polar surface area (TPSA) is 44.1 Å². The van der Waals surface area contributed by atoms with Crippen LogP contribution in [-0.2, 0) is 4.79 Å². The summed E-state index contributed by atoms with van der Waals surface area (Å²) in [5, 5.41) is 8.97. The molecule has 1 aromatic rings. The van der Waals surface area contributed by atoms with Crippen LogP contribution in [-0.4, -0.2) is 13.0 Å². The molecule has 0 heterocycles. The lowest BCUT2D eigenvalue weighted by Gasteiger charge is -2.19. The highest BCUT2D eigenvalue weighted by Gasteiger charge is 2.52. The maximum atomic E-state index is 12.1. The summed E-state index contributed by atoms with van der Waals surface area (Å²) in [4.78, 5) is 13.6. The van der Waals surface area contributed by atoms with Gasteiger partial charge in [0.25, 0.3) is 0 Å². The van der Waals surface area contributed by atoms with Gasteiger partial charge in [-0.3, -0.25) is 4.79 Å². The summed E-state index contributed by atoms with van der Waals surface area (Å²) in [6.07, 6.45) is 1.36. The maximum Gasteiger partial charge on any atom is 0.247 e. The van der Waals surface area contributed by atoms with Gasteiger partial charge in [0, 0.05) is 17.2 Å². The Bertz CT molecular complexity index is 474. The van der Waals surface area contributed by atoms with E-state index in [9.17, 15) is 4.79 Å². The molecule has 1 fully saturated rings. The minimum atomic E-state index is -0.753. The molecule has 0 saturated heterocycles. The number of rotatable bonds is 2. The van der Waals surface area contributed by atoms with Crippen LogP contribution in [0.4, 0.5) is 5.69 Å². The van der Waals surface area contributed by atoms with Crippen molar-refractivity contribution in [2.45, 2.75) is 12.8 Å². The van der Waals surface area contributed by atoms with Gasteiger partial charge in [-0.25, -0.2) is 0 Å². The first-order valence-corrected chi connectivity index (χ1v) is 5.83. The lowest BCUT2D eigenvalue weighted by Crippen LogP contribution is -2.33. The van der Waals surface area contributed by atoms with Crippen LogP contribution in [0.3, 0.4) is 0 Å². The van der Waals surface area contributed by atoms with Crippen LogP contribution in [0.25, 0.3) is 0 Å². The Morgan fingerprint density at radius 1 is 1.56 bits per heavy atom. The van der Waals surface area contributed by atoms with E-state index in [0.717, 1.165) is 10.2 Å². The van der Waals surface area contributed by atoms with Crippen LogP contribution >= 0.6 is 15.9 Å². The zero-order valence-corrected chi connectivity index (χ0v) is 10.5. The summed E-state index contributed by atoms with van der Waals surface area (Å²) in [7, 11) is 1.71. The lowest BCUT2D eigenvalue weighted by molar-refractivity contribution is -0.121. The van der Waals surface area contributed by atoms with E-state index < -0.39 is 5.41 Å². The minimum absolute atomic E-state index is 0.104. The van der Waals surface area contributed by atoms with Crippen LogP contribution in [0.1, 0.15) is 12.8 Å². The number of halogens is 1. The van der Waals surface area contributed by atoms with Gasteiger partial charge in [-0.2, -0.15) is 5.26 Å². The third kappa shape index (κ3) is 1.83. The molecule has 1 aliphatic carbocycles. The van der Waals surface area contributed by atoms with E-state index in [0.29, 0.717) is 12.8 Å². The Morgan fingerprint density at radius 2 is 2.25 bits per heavy atom. The maximum absolute atomic E-state index is 12.1. The van der Waals surface area contributed by atoms with Gasteiger partial charge in [0.15, 0.2) is 0 Å². The Balaban J connectivity index is 2.23. The third-order valence-electron chi connectivity index (χ3n) is 2.87. The molecule has 1 aromatic carbocycles. The third-order valence-corrected chi connectivity index (χ3v) is 3.37. The van der Waals surface area contributed by atoms with E-state index in [4.69, 9.17) is 5.26 Å². The van der Waals surface area contributed by atoms with E-state index in [1.165, 1.54) is 0 Å². The first-order valence-electron chi connectivity index (χ1n) is 5.04. The average Bonchev–Trinajstić information content (AvgIpc) is 3.08. The summed E-state index contributed by atoms with van der Waals surface area (Å²) in [6, 6.07) is 9.61. The molecule has 0 aromatic heterocycles. The number of anilines is 1. The molecule has 1 saturated carbocycles. The predicted molar refractivity (Wildman–Crippen MR) is 64.8 cm³/mol. The molecule has 16 heavy (non-hydrogen) atoms. The van der Waals surface area contributed by atoms with Crippen molar-refractivity contribution in [2.75, 3.05) is 11.9 Å². The molecular weight excluding hydrogens is 268 g/mol. The van der Waals surface area contributed by atoms with E-state index >= 15 is 0 Å². The highest BCUT2D eigenvalue weighted by Crippen LogP contribution is 2.46. The zero-order chi connectivity index (χ0) is 11.8. The SMILES string of the molecule is CN(C(=O)C1(C#N)CC1)c1cccc(Br)c1. The van der Waals surface area contributed by atoms with Crippen molar-refractivity contribution in [2.24, 2.45) is 5.41 Å². The number of amides is 1. The molecule has 0 atom stereocenters. The summed E-state index contributed by atoms with van der Waals surface area (Å²) in [5.41, 5.74) is 0.0535. The molecule has 1 amide bonds. The molecule has 82 valence electrons. The second kappa shape index (κ2) is 3.91. The van der Waals surface area contributed by atoms with Crippen molar-refractivity contribution in [1.29, 1.82) is 5.26 Å². The van der Waals surface area contributed by atoms with Crippen molar-refractivity contribution in [3.8, 4) is 6.07 Å². The monoisotopic (exact) mass is 278 g/mol. The van der Waals surface area contributed by atoms with Crippen molar-refractivity contribution in [1.82, 2.24) is 0 Å². The van der Waals surface area contributed by atoms with Crippen LogP contribution in [0, 0.1) is 16.7 Å². The van der Waals surface area contributed by atoms with E-state index in [1.807, 2.05) is 24.3 Å². The summed E-state index contributed by atoms with van der Waals surface area (Å²) in [5.74, 6) is -0.104. The largest absolute Gasteiger partial charge is 0.314 e. The molecule has 2 rings (SSSR count). The average molecular weight is 279 g/mol. The molecule has 0 spiro atoms. The fraction of sp³-hybridized carbons (Fsp3) is 0.333. The van der Waals surface area contributed by atoms with E-state index in [2.05, 4.69) is 22.0 Å². The molecular formula is C12H11BrN2O. The molecule has 0 unspecified atom stereocenters. The van der Waals surface area contributed by atoms with Crippen molar-refractivity contribution in [3.05, 3.63) is 28.7 Å². The van der Waals surface area contributed by atoms with E-state index in [-0.39, 0.29) is 5.91 Å². The van der Waals surface area contributed by atoms with E-state index in [1.54, 1.807) is 11.9 Å². The quantitative estimate of drug-likeness (QED) is 0.835. The minimum Gasteiger partial charge on any atom is -0.314 e. The molecule has 0 N–H and O–H groups in total. The fourth-order valence-electron chi connectivity index (χ4n) is 1.62. The van der Waals surface area contributed by atoms with Crippen molar-refractivity contribution in [3.63, 3.8) is 0 Å². The molecule has 3 nitrogen and oxygen atoms in total. The second-order valence-corrected chi connectivity index (χ2v) is 4.95. The van der Waals surface area contributed by atoms with Gasteiger partial charge < -0.3 is 4.90 Å². The molecule has 0 radical (unpaired) electrons. The van der Waals surface area contributed by atoms with Gasteiger partial charge in [-0.15, -0.1) is 0 Å². The Hall–Kier alpha value is -1.34. The summed E-state index contributed by atoms with van der Waals surface area (Å²) >= 11 is 3.36. The fourth-order valence-corrected chi connectivity index (χ4v) is 2.01. The number of benzene rings is 1. The van der Waals surface area contributed by atoms with Crippen molar-refractivity contribution < 1.29 is 4.79 Å². The first kappa shape index (κ1) is 11.2. The van der Waals surface area contributed by atoms with Crippen LogP contribution < -0.4 is 4.90 Å². The van der Waals surface area contributed by atoms with Gasteiger partial charge in [0.2, 0.25) is 5.91 Å². The molecule has 0 aliphatic heterocycles.